The molecule has 0 spiro atoms. The minimum Gasteiger partial charge on any atom is -0.507 e. The average molecular weight is 1030 g/mol. The molecule has 0 amide bonds. The monoisotopic (exact) mass is 1020 g/mol. The van der Waals surface area contributed by atoms with Gasteiger partial charge in [0.05, 0.1) is 22.3 Å². The van der Waals surface area contributed by atoms with Gasteiger partial charge in [0.25, 0.3) is 0 Å². The molecular formula is C59H62N3OPt-. The minimum atomic E-state index is -0.709. The van der Waals surface area contributed by atoms with Crippen molar-refractivity contribution >= 4 is 11.0 Å². The first-order chi connectivity index (χ1) is 30.0. The molecule has 0 fully saturated rings. The van der Waals surface area contributed by atoms with Crippen molar-refractivity contribution in [1.82, 2.24) is 14.5 Å². The number of fused-ring (bicyclic) bond motifs is 1. The van der Waals surface area contributed by atoms with E-state index in [2.05, 4.69) is 189 Å². The second-order valence-electron chi connectivity index (χ2n) is 20.7. The zero-order valence-corrected chi connectivity index (χ0v) is 42.0. The molecule has 0 atom stereocenters. The number of para-hydroxylation sites is 1. The standard InChI is InChI=1S/C59H62N3O.Pt/c1-36(2)40-16-14-17-41(30-40)42-22-25-52(37(3)28-42)62-53-19-15-18-49(54(53)61-56(62)50-35-47(58(8,9)10)29-38(4)55(50)63)44-31-45(33-48(32-44)59(11,12)13)51-34-43(26-27-60-51)39-20-23-46(24-21-39)57(5,6)7;/h14-30,32-36,63H,1-13H3;/q-1;/i36D;. The van der Waals surface area contributed by atoms with E-state index in [1.807, 2.05) is 39.1 Å². The minimum absolute atomic E-state index is 0. The summed E-state index contributed by atoms with van der Waals surface area (Å²) in [6.45, 7) is 28.0. The second kappa shape index (κ2) is 17.4. The molecule has 8 aromatic rings. The van der Waals surface area contributed by atoms with E-state index in [1.165, 1.54) is 11.1 Å². The van der Waals surface area contributed by atoms with Crippen LogP contribution >= 0.6 is 0 Å². The number of pyridine rings is 1. The molecule has 0 aliphatic carbocycles. The van der Waals surface area contributed by atoms with E-state index in [9.17, 15) is 5.11 Å². The third-order valence-corrected chi connectivity index (χ3v) is 12.4. The van der Waals surface area contributed by atoms with Gasteiger partial charge in [0.1, 0.15) is 11.6 Å². The molecule has 2 aromatic heterocycles. The van der Waals surface area contributed by atoms with Crippen LogP contribution in [0.3, 0.4) is 0 Å². The van der Waals surface area contributed by atoms with Crippen LogP contribution in [0, 0.1) is 19.9 Å². The van der Waals surface area contributed by atoms with Gasteiger partial charge in [-0.15, -0.1) is 29.3 Å². The van der Waals surface area contributed by atoms with Crippen molar-refractivity contribution in [3.8, 4) is 67.5 Å². The molecule has 0 saturated carbocycles. The molecule has 0 aliphatic rings. The summed E-state index contributed by atoms with van der Waals surface area (Å²) in [5.41, 5.74) is 17.6. The van der Waals surface area contributed by atoms with Gasteiger partial charge in [-0.3, -0.25) is 9.55 Å². The van der Waals surface area contributed by atoms with Crippen LogP contribution in [0.1, 0.15) is 117 Å². The van der Waals surface area contributed by atoms with E-state index < -0.39 is 5.89 Å². The van der Waals surface area contributed by atoms with Crippen LogP contribution in [0.5, 0.6) is 5.75 Å². The molecule has 64 heavy (non-hydrogen) atoms. The van der Waals surface area contributed by atoms with Gasteiger partial charge >= 0.3 is 0 Å². The first-order valence-corrected chi connectivity index (χ1v) is 22.2. The number of nitrogens with zero attached hydrogens (tertiary/aromatic N) is 3. The van der Waals surface area contributed by atoms with Gasteiger partial charge in [0.15, 0.2) is 0 Å². The predicted octanol–water partition coefficient (Wildman–Crippen LogP) is 15.9. The number of imidazole rings is 1. The van der Waals surface area contributed by atoms with Crippen LogP contribution in [0.25, 0.3) is 72.7 Å². The molecule has 8 rings (SSSR count). The molecule has 1 N–H and O–H groups in total. The van der Waals surface area contributed by atoms with Crippen molar-refractivity contribution in [2.75, 3.05) is 0 Å². The average Bonchev–Trinajstić information content (AvgIpc) is 3.62. The zero-order chi connectivity index (χ0) is 46.1. The topological polar surface area (TPSA) is 50.9 Å². The number of hydrogen-bond acceptors (Lipinski definition) is 3. The maximum atomic E-state index is 11.9. The molecule has 4 nitrogen and oxygen atoms in total. The number of aromatic nitrogens is 3. The van der Waals surface area contributed by atoms with Gasteiger partial charge in [-0.1, -0.05) is 166 Å². The van der Waals surface area contributed by atoms with Crippen molar-refractivity contribution in [1.29, 1.82) is 0 Å². The Balaban J connectivity index is 0.00000630. The summed E-state index contributed by atoms with van der Waals surface area (Å²) in [7, 11) is 0. The van der Waals surface area contributed by atoms with Crippen LogP contribution in [0.15, 0.2) is 128 Å². The Bertz CT molecular complexity index is 3060. The van der Waals surface area contributed by atoms with E-state index in [1.54, 1.807) is 0 Å². The Morgan fingerprint density at radius 3 is 1.86 bits per heavy atom. The third-order valence-electron chi connectivity index (χ3n) is 12.4. The van der Waals surface area contributed by atoms with Crippen molar-refractivity contribution in [3.05, 3.63) is 167 Å². The molecular weight excluding hydrogens is 962 g/mol. The van der Waals surface area contributed by atoms with E-state index in [0.29, 0.717) is 11.4 Å². The van der Waals surface area contributed by atoms with Crippen LogP contribution < -0.4 is 0 Å². The van der Waals surface area contributed by atoms with Crippen molar-refractivity contribution in [2.24, 2.45) is 0 Å². The van der Waals surface area contributed by atoms with Gasteiger partial charge in [0.2, 0.25) is 0 Å². The van der Waals surface area contributed by atoms with Gasteiger partial charge in [-0.05, 0) is 116 Å². The normalized spacial score (nSPS) is 12.6. The predicted molar refractivity (Wildman–Crippen MR) is 266 cm³/mol. The SMILES string of the molecule is [2H]C(C)(C)c1cccc(-c2ccc(-n3c(-c4cc(C(C)(C)C)cc(C)c4O)nc4c(-c5[c-]c(-c6cc(-c7ccc(C(C)(C)C)cc7)ccn6)cc(C(C)(C)C)c5)cccc43)c(C)c2)c1.[Pt]. The largest absolute Gasteiger partial charge is 0.507 e. The first-order valence-electron chi connectivity index (χ1n) is 22.7. The van der Waals surface area contributed by atoms with Crippen LogP contribution in [0.2, 0.25) is 0 Å². The number of aryl methyl sites for hydroxylation is 2. The molecule has 330 valence electrons. The Hall–Kier alpha value is -5.57. The molecule has 0 saturated heterocycles. The van der Waals surface area contributed by atoms with Gasteiger partial charge in [0, 0.05) is 34.3 Å². The summed E-state index contributed by atoms with van der Waals surface area (Å²) in [5, 5.41) is 11.9. The summed E-state index contributed by atoms with van der Waals surface area (Å²) in [5.74, 6) is 0.179. The molecule has 5 heteroatoms. The number of hydrogen-bond donors (Lipinski definition) is 1. The van der Waals surface area contributed by atoms with Gasteiger partial charge in [-0.25, -0.2) is 4.98 Å². The van der Waals surface area contributed by atoms with E-state index in [-0.39, 0.29) is 43.1 Å². The summed E-state index contributed by atoms with van der Waals surface area (Å²) in [6, 6.07) is 46.8. The Morgan fingerprint density at radius 2 is 1.20 bits per heavy atom. The Kier molecular flexibility index (Phi) is 12.3. The number of aromatic hydroxyl groups is 1. The molecule has 0 aliphatic heterocycles. The second-order valence-corrected chi connectivity index (χ2v) is 20.7. The van der Waals surface area contributed by atoms with Crippen LogP contribution in [-0.4, -0.2) is 19.6 Å². The maximum absolute atomic E-state index is 11.9. The van der Waals surface area contributed by atoms with Gasteiger partial charge in [-0.2, -0.15) is 0 Å². The fourth-order valence-electron chi connectivity index (χ4n) is 8.43. The Morgan fingerprint density at radius 1 is 0.594 bits per heavy atom. The molecule has 0 bridgehead atoms. The smallest absolute Gasteiger partial charge is 0.148 e. The quantitative estimate of drug-likeness (QED) is 0.162. The summed E-state index contributed by atoms with van der Waals surface area (Å²) in [6.07, 6.45) is 1.90. The fraction of sp³-hybridized carbons (Fsp3) is 0.288. The van der Waals surface area contributed by atoms with E-state index in [0.717, 1.165) is 83.6 Å². The molecule has 2 heterocycles. The molecule has 0 unspecified atom stereocenters. The Labute approximate surface area is 397 Å². The number of phenolic OH excluding ortho intramolecular Hbond substituents is 1. The summed E-state index contributed by atoms with van der Waals surface area (Å²) >= 11 is 0. The number of benzene rings is 6. The number of phenols is 1. The van der Waals surface area contributed by atoms with E-state index >= 15 is 0 Å². The van der Waals surface area contributed by atoms with Crippen molar-refractivity contribution in [2.45, 2.75) is 112 Å². The molecule has 0 radical (unpaired) electrons. The first kappa shape index (κ1) is 45.0. The third kappa shape index (κ3) is 9.18. The summed E-state index contributed by atoms with van der Waals surface area (Å²) < 4.78 is 10.9. The van der Waals surface area contributed by atoms with Crippen molar-refractivity contribution in [3.63, 3.8) is 0 Å². The molecule has 6 aromatic carbocycles. The van der Waals surface area contributed by atoms with Crippen molar-refractivity contribution < 1.29 is 27.5 Å². The van der Waals surface area contributed by atoms with Crippen LogP contribution in [-0.2, 0) is 37.3 Å². The maximum Gasteiger partial charge on any atom is 0.148 e. The summed E-state index contributed by atoms with van der Waals surface area (Å²) in [4.78, 5) is 10.5. The zero-order valence-electron chi connectivity index (χ0n) is 40.7. The fourth-order valence-corrected chi connectivity index (χ4v) is 8.43. The number of rotatable bonds is 7. The van der Waals surface area contributed by atoms with Gasteiger partial charge < -0.3 is 5.11 Å². The van der Waals surface area contributed by atoms with E-state index in [4.69, 9.17) is 11.3 Å². The van der Waals surface area contributed by atoms with Crippen LogP contribution in [0.4, 0.5) is 0 Å².